The van der Waals surface area contributed by atoms with Crippen LogP contribution in [0, 0.1) is 6.92 Å². The average Bonchev–Trinajstić information content (AvgIpc) is 3.12. The number of hydrogen-bond acceptors (Lipinski definition) is 7. The number of nitrogens with one attached hydrogen (secondary N) is 2. The van der Waals surface area contributed by atoms with E-state index in [1.165, 1.54) is 18.4 Å². The molecule has 8 nitrogen and oxygen atoms in total. The molecule has 2 amide bonds. The molecular weight excluding hydrogens is 354 g/mol. The second-order valence-electron chi connectivity index (χ2n) is 5.23. The number of aryl methyl sites for hydroxylation is 1. The van der Waals surface area contributed by atoms with Crippen LogP contribution in [0.1, 0.15) is 5.56 Å². The fraction of sp³-hybridized carbons (Fsp3) is 0.176. The maximum absolute atomic E-state index is 12.3. The van der Waals surface area contributed by atoms with Crippen molar-refractivity contribution in [3.8, 4) is 22.2 Å². The third kappa shape index (κ3) is 3.89. The van der Waals surface area contributed by atoms with Crippen LogP contribution in [0.3, 0.4) is 0 Å². The molecule has 0 fully saturated rings. The number of benzene rings is 1. The predicted octanol–water partition coefficient (Wildman–Crippen LogP) is 3.57. The summed E-state index contributed by atoms with van der Waals surface area (Å²) in [6, 6.07) is 8.58. The van der Waals surface area contributed by atoms with Gasteiger partial charge in [-0.05, 0) is 30.7 Å². The summed E-state index contributed by atoms with van der Waals surface area (Å²) in [7, 11) is 3.10. The van der Waals surface area contributed by atoms with E-state index in [9.17, 15) is 4.79 Å². The lowest BCUT2D eigenvalue weighted by Crippen LogP contribution is -2.20. The highest BCUT2D eigenvalue weighted by molar-refractivity contribution is 7.18. The fourth-order valence-corrected chi connectivity index (χ4v) is 2.95. The van der Waals surface area contributed by atoms with Gasteiger partial charge in [0.1, 0.15) is 5.69 Å². The molecular formula is C17H17N5O3S. The van der Waals surface area contributed by atoms with Crippen LogP contribution in [0.5, 0.6) is 11.5 Å². The first-order valence-electron chi connectivity index (χ1n) is 7.66. The van der Waals surface area contributed by atoms with Crippen molar-refractivity contribution in [2.45, 2.75) is 6.92 Å². The number of ether oxygens (including phenoxy) is 2. The Labute approximate surface area is 154 Å². The van der Waals surface area contributed by atoms with Crippen LogP contribution in [0.15, 0.2) is 36.5 Å². The second kappa shape index (κ2) is 7.79. The van der Waals surface area contributed by atoms with Crippen LogP contribution in [-0.4, -0.2) is 35.4 Å². The van der Waals surface area contributed by atoms with Gasteiger partial charge >= 0.3 is 6.03 Å². The van der Waals surface area contributed by atoms with Gasteiger partial charge in [-0.1, -0.05) is 17.4 Å². The van der Waals surface area contributed by atoms with E-state index in [-0.39, 0.29) is 0 Å². The first-order chi connectivity index (χ1) is 12.6. The van der Waals surface area contributed by atoms with E-state index in [4.69, 9.17) is 9.47 Å². The van der Waals surface area contributed by atoms with Gasteiger partial charge in [0.2, 0.25) is 5.13 Å². The van der Waals surface area contributed by atoms with Gasteiger partial charge in [-0.2, -0.15) is 0 Å². The van der Waals surface area contributed by atoms with Gasteiger partial charge in [0.05, 0.1) is 14.2 Å². The summed E-state index contributed by atoms with van der Waals surface area (Å²) in [5.41, 5.74) is 2.15. The number of hydrogen-bond donors (Lipinski definition) is 2. The van der Waals surface area contributed by atoms with Crippen LogP contribution in [0.25, 0.3) is 10.7 Å². The van der Waals surface area contributed by atoms with Crippen LogP contribution >= 0.6 is 11.3 Å². The minimum absolute atomic E-state index is 0.376. The van der Waals surface area contributed by atoms with E-state index < -0.39 is 6.03 Å². The standard InChI is InChI=1S/C17H17N5O3S/c1-10-8-13(24-2)14(25-3)9-12(10)19-16(23)20-17-22-21-15(26-17)11-6-4-5-7-18-11/h4-9H,1-3H3,(H2,19,20,22,23). The quantitative estimate of drug-likeness (QED) is 0.711. The lowest BCUT2D eigenvalue weighted by molar-refractivity contribution is 0.262. The Morgan fingerprint density at radius 1 is 1.08 bits per heavy atom. The minimum Gasteiger partial charge on any atom is -0.493 e. The number of aromatic nitrogens is 3. The number of nitrogens with zero attached hydrogens (tertiary/aromatic N) is 3. The Bertz CT molecular complexity index is 914. The number of carbonyl (C=O) groups is 1. The number of anilines is 2. The molecule has 0 aliphatic carbocycles. The van der Waals surface area contributed by atoms with Crippen molar-refractivity contribution in [1.82, 2.24) is 15.2 Å². The van der Waals surface area contributed by atoms with E-state index in [2.05, 4.69) is 25.8 Å². The van der Waals surface area contributed by atoms with Gasteiger partial charge < -0.3 is 14.8 Å². The first kappa shape index (κ1) is 17.6. The van der Waals surface area contributed by atoms with Gasteiger partial charge in [-0.3, -0.25) is 10.3 Å². The predicted molar refractivity (Wildman–Crippen MR) is 100 cm³/mol. The van der Waals surface area contributed by atoms with E-state index >= 15 is 0 Å². The van der Waals surface area contributed by atoms with Gasteiger partial charge in [-0.25, -0.2) is 4.79 Å². The topological polar surface area (TPSA) is 98.3 Å². The Balaban J connectivity index is 1.71. The summed E-state index contributed by atoms with van der Waals surface area (Å²) >= 11 is 1.24. The molecule has 26 heavy (non-hydrogen) atoms. The zero-order valence-electron chi connectivity index (χ0n) is 14.4. The zero-order valence-corrected chi connectivity index (χ0v) is 15.3. The van der Waals surface area contributed by atoms with Gasteiger partial charge in [0.25, 0.3) is 0 Å². The third-order valence-corrected chi connectivity index (χ3v) is 4.37. The Kier molecular flexibility index (Phi) is 5.28. The summed E-state index contributed by atoms with van der Waals surface area (Å²) < 4.78 is 10.5. The van der Waals surface area contributed by atoms with Gasteiger partial charge in [-0.15, -0.1) is 10.2 Å². The highest BCUT2D eigenvalue weighted by atomic mass is 32.1. The van der Waals surface area contributed by atoms with E-state index in [0.29, 0.717) is 33.0 Å². The number of methoxy groups -OCH3 is 2. The third-order valence-electron chi connectivity index (χ3n) is 3.51. The van der Waals surface area contributed by atoms with E-state index in [1.54, 1.807) is 25.4 Å². The maximum Gasteiger partial charge on any atom is 0.325 e. The van der Waals surface area contributed by atoms with Crippen molar-refractivity contribution < 1.29 is 14.3 Å². The van der Waals surface area contributed by atoms with Crippen LogP contribution in [0.2, 0.25) is 0 Å². The Morgan fingerprint density at radius 3 is 2.54 bits per heavy atom. The summed E-state index contributed by atoms with van der Waals surface area (Å²) in [5, 5.41) is 14.5. The molecule has 0 aliphatic heterocycles. The molecule has 2 aromatic heterocycles. The second-order valence-corrected chi connectivity index (χ2v) is 6.21. The smallest absolute Gasteiger partial charge is 0.325 e. The molecule has 0 saturated heterocycles. The van der Waals surface area contributed by atoms with Crippen LogP contribution in [-0.2, 0) is 0 Å². The van der Waals surface area contributed by atoms with E-state index in [0.717, 1.165) is 5.56 Å². The van der Waals surface area contributed by atoms with Gasteiger partial charge in [0, 0.05) is 18.0 Å². The molecule has 0 radical (unpaired) electrons. The largest absolute Gasteiger partial charge is 0.493 e. The molecule has 1 aromatic carbocycles. The molecule has 2 heterocycles. The summed E-state index contributed by atoms with van der Waals surface area (Å²) in [6.45, 7) is 1.86. The lowest BCUT2D eigenvalue weighted by atomic mass is 10.1. The SMILES string of the molecule is COc1cc(C)c(NC(=O)Nc2nnc(-c3ccccn3)s2)cc1OC. The number of amides is 2. The van der Waals surface area contributed by atoms with Crippen LogP contribution < -0.4 is 20.1 Å². The average molecular weight is 371 g/mol. The van der Waals surface area contributed by atoms with E-state index in [1.807, 2.05) is 25.1 Å². The number of carbonyl (C=O) groups excluding carboxylic acids is 1. The highest BCUT2D eigenvalue weighted by Gasteiger charge is 2.13. The lowest BCUT2D eigenvalue weighted by Gasteiger charge is -2.13. The molecule has 2 N–H and O–H groups in total. The van der Waals surface area contributed by atoms with Crippen molar-refractivity contribution in [1.29, 1.82) is 0 Å². The minimum atomic E-state index is -0.427. The molecule has 134 valence electrons. The molecule has 0 saturated carbocycles. The van der Waals surface area contributed by atoms with Crippen molar-refractivity contribution >= 4 is 28.2 Å². The summed E-state index contributed by atoms with van der Waals surface area (Å²) in [5.74, 6) is 1.13. The molecule has 3 rings (SSSR count). The maximum atomic E-state index is 12.3. The Hall–Kier alpha value is -3.20. The fourth-order valence-electron chi connectivity index (χ4n) is 2.23. The molecule has 0 aliphatic rings. The van der Waals surface area contributed by atoms with Crippen molar-refractivity contribution in [3.63, 3.8) is 0 Å². The number of pyridine rings is 1. The molecule has 0 unspecified atom stereocenters. The highest BCUT2D eigenvalue weighted by Crippen LogP contribution is 2.33. The van der Waals surface area contributed by atoms with Crippen molar-refractivity contribution in [2.75, 3.05) is 24.9 Å². The molecule has 9 heteroatoms. The molecule has 3 aromatic rings. The first-order valence-corrected chi connectivity index (χ1v) is 8.48. The summed E-state index contributed by atoms with van der Waals surface area (Å²) in [6.07, 6.45) is 1.68. The van der Waals surface area contributed by atoms with Crippen LogP contribution in [0.4, 0.5) is 15.6 Å². The number of rotatable bonds is 5. The van der Waals surface area contributed by atoms with Crippen molar-refractivity contribution in [3.05, 3.63) is 42.1 Å². The zero-order chi connectivity index (χ0) is 18.5. The number of urea groups is 1. The Morgan fingerprint density at radius 2 is 1.85 bits per heavy atom. The molecule has 0 spiro atoms. The molecule has 0 bridgehead atoms. The monoisotopic (exact) mass is 371 g/mol. The normalized spacial score (nSPS) is 10.3. The molecule has 0 atom stereocenters. The summed E-state index contributed by atoms with van der Waals surface area (Å²) in [4.78, 5) is 16.5. The van der Waals surface area contributed by atoms with Gasteiger partial charge in [0.15, 0.2) is 16.5 Å². The van der Waals surface area contributed by atoms with Crippen molar-refractivity contribution in [2.24, 2.45) is 0 Å².